The SMILES string of the molecule is c1ccc(-c2nc(-c3cccc(-c4ccc5ccc6nc(-c7ccccc7)[se]c6c5c4)c3)nc(-c3cccc4c3sc3ccccc34)n2)cc1. The van der Waals surface area contributed by atoms with Crippen molar-refractivity contribution in [2.75, 3.05) is 0 Å². The van der Waals surface area contributed by atoms with E-state index in [1.165, 1.54) is 45.3 Å². The van der Waals surface area contributed by atoms with Crippen molar-refractivity contribution < 1.29 is 0 Å². The van der Waals surface area contributed by atoms with E-state index in [0.717, 1.165) is 33.3 Å². The molecule has 0 saturated heterocycles. The molecule has 0 saturated carbocycles. The Morgan fingerprint density at radius 2 is 1.06 bits per heavy atom. The molecule has 0 aliphatic rings. The van der Waals surface area contributed by atoms with Gasteiger partial charge in [0, 0.05) is 15.5 Å². The number of hydrogen-bond acceptors (Lipinski definition) is 5. The van der Waals surface area contributed by atoms with Gasteiger partial charge in [-0.25, -0.2) is 0 Å². The second-order valence-corrected chi connectivity index (χ2v) is 15.4. The number of hydrogen-bond donors (Lipinski definition) is 0. The Morgan fingerprint density at radius 1 is 0.420 bits per heavy atom. The van der Waals surface area contributed by atoms with E-state index < -0.39 is 0 Å². The molecule has 10 aromatic rings. The maximum absolute atomic E-state index is 5.16. The zero-order chi connectivity index (χ0) is 33.0. The predicted molar refractivity (Wildman–Crippen MR) is 210 cm³/mol. The van der Waals surface area contributed by atoms with Crippen molar-refractivity contribution in [1.82, 2.24) is 19.9 Å². The van der Waals surface area contributed by atoms with Crippen LogP contribution < -0.4 is 0 Å². The minimum absolute atomic E-state index is 0.128. The molecule has 0 aliphatic carbocycles. The molecular formula is C44H26N4SSe. The van der Waals surface area contributed by atoms with Gasteiger partial charge in [-0.05, 0) is 6.07 Å². The normalized spacial score (nSPS) is 11.6. The van der Waals surface area contributed by atoms with Gasteiger partial charge in [0.25, 0.3) is 0 Å². The van der Waals surface area contributed by atoms with Crippen molar-refractivity contribution in [1.29, 1.82) is 0 Å². The molecule has 0 amide bonds. The monoisotopic (exact) mass is 722 g/mol. The summed E-state index contributed by atoms with van der Waals surface area (Å²) in [5.41, 5.74) is 7.49. The Kier molecular flexibility index (Phi) is 6.98. The zero-order valence-electron chi connectivity index (χ0n) is 26.6. The van der Waals surface area contributed by atoms with Crippen molar-refractivity contribution in [3.05, 3.63) is 158 Å². The first kappa shape index (κ1) is 29.2. The smallest absolute Gasteiger partial charge is 0.0615 e. The van der Waals surface area contributed by atoms with Gasteiger partial charge in [-0.3, -0.25) is 0 Å². The van der Waals surface area contributed by atoms with Crippen LogP contribution in [0.25, 0.3) is 96.1 Å². The summed E-state index contributed by atoms with van der Waals surface area (Å²) in [5.74, 6) is 1.99. The van der Waals surface area contributed by atoms with Crippen molar-refractivity contribution in [3.8, 4) is 55.4 Å². The van der Waals surface area contributed by atoms with Gasteiger partial charge in [0.15, 0.2) is 0 Å². The summed E-state index contributed by atoms with van der Waals surface area (Å²) < 4.78 is 4.96. The van der Waals surface area contributed by atoms with Crippen LogP contribution in [0.2, 0.25) is 0 Å². The zero-order valence-corrected chi connectivity index (χ0v) is 29.1. The molecule has 0 atom stereocenters. The quantitative estimate of drug-likeness (QED) is 0.166. The molecule has 3 heterocycles. The minimum Gasteiger partial charge on any atom is -0.0615 e. The van der Waals surface area contributed by atoms with Gasteiger partial charge in [-0.1, -0.05) is 48.5 Å². The number of nitrogens with zero attached hydrogens (tertiary/aromatic N) is 4. The third-order valence-electron chi connectivity index (χ3n) is 9.16. The van der Waals surface area contributed by atoms with Crippen LogP contribution in [-0.4, -0.2) is 34.4 Å². The van der Waals surface area contributed by atoms with E-state index in [9.17, 15) is 0 Å². The average molecular weight is 722 g/mol. The molecule has 0 bridgehead atoms. The van der Waals surface area contributed by atoms with Gasteiger partial charge in [-0.2, -0.15) is 0 Å². The van der Waals surface area contributed by atoms with E-state index in [1.807, 2.05) is 18.2 Å². The van der Waals surface area contributed by atoms with Crippen LogP contribution in [0.4, 0.5) is 0 Å². The number of fused-ring (bicyclic) bond motifs is 6. The summed E-state index contributed by atoms with van der Waals surface area (Å²) in [6.07, 6.45) is 0. The fraction of sp³-hybridized carbons (Fsp3) is 0. The van der Waals surface area contributed by atoms with E-state index in [4.69, 9.17) is 19.9 Å². The van der Waals surface area contributed by atoms with Gasteiger partial charge in [0.2, 0.25) is 0 Å². The molecule has 0 N–H and O–H groups in total. The van der Waals surface area contributed by atoms with Crippen LogP contribution in [0.15, 0.2) is 158 Å². The van der Waals surface area contributed by atoms with Crippen molar-refractivity contribution in [3.63, 3.8) is 0 Å². The number of aromatic nitrogens is 4. The van der Waals surface area contributed by atoms with E-state index in [2.05, 4.69) is 140 Å². The second-order valence-electron chi connectivity index (χ2n) is 12.3. The summed E-state index contributed by atoms with van der Waals surface area (Å²) >= 11 is 1.91. The molecular weight excluding hydrogens is 696 g/mol. The van der Waals surface area contributed by atoms with E-state index >= 15 is 0 Å². The molecule has 0 spiro atoms. The van der Waals surface area contributed by atoms with Crippen LogP contribution in [0.1, 0.15) is 0 Å². The van der Waals surface area contributed by atoms with E-state index in [1.54, 1.807) is 11.3 Å². The number of benzene rings is 7. The van der Waals surface area contributed by atoms with E-state index in [0.29, 0.717) is 17.5 Å². The molecule has 50 heavy (non-hydrogen) atoms. The van der Waals surface area contributed by atoms with Crippen molar-refractivity contribution >= 4 is 66.6 Å². The Labute approximate surface area is 298 Å². The molecule has 0 radical (unpaired) electrons. The van der Waals surface area contributed by atoms with Crippen molar-refractivity contribution in [2.45, 2.75) is 0 Å². The van der Waals surface area contributed by atoms with Crippen molar-refractivity contribution in [2.24, 2.45) is 0 Å². The Bertz CT molecular complexity index is 2880. The number of thiophene rings is 1. The van der Waals surface area contributed by atoms with Gasteiger partial charge in [0.05, 0.1) is 0 Å². The second kappa shape index (κ2) is 12.0. The summed E-state index contributed by atoms with van der Waals surface area (Å²) in [6, 6.07) is 55.4. The molecule has 3 aromatic heterocycles. The van der Waals surface area contributed by atoms with Crippen LogP contribution in [0, 0.1) is 0 Å². The summed E-state index contributed by atoms with van der Waals surface area (Å²) in [7, 11) is 0. The third kappa shape index (κ3) is 5.05. The predicted octanol–water partition coefficient (Wildman–Crippen LogP) is 11.3. The van der Waals surface area contributed by atoms with Gasteiger partial charge < -0.3 is 0 Å². The first-order valence-corrected chi connectivity index (χ1v) is 19.0. The Balaban J connectivity index is 1.11. The third-order valence-corrected chi connectivity index (χ3v) is 12.8. The van der Waals surface area contributed by atoms with Crippen LogP contribution in [0.3, 0.4) is 0 Å². The maximum atomic E-state index is 5.16. The van der Waals surface area contributed by atoms with Gasteiger partial charge in [-0.15, -0.1) is 11.3 Å². The number of rotatable bonds is 5. The first-order chi connectivity index (χ1) is 24.7. The molecule has 10 rings (SSSR count). The molecule has 7 aromatic carbocycles. The van der Waals surface area contributed by atoms with Crippen LogP contribution in [0.5, 0.6) is 0 Å². The topological polar surface area (TPSA) is 51.6 Å². The summed E-state index contributed by atoms with van der Waals surface area (Å²) in [4.78, 5) is 20.3. The molecule has 0 aliphatic heterocycles. The van der Waals surface area contributed by atoms with E-state index in [-0.39, 0.29) is 14.5 Å². The van der Waals surface area contributed by atoms with Gasteiger partial charge >= 0.3 is 218 Å². The molecule has 0 fully saturated rings. The van der Waals surface area contributed by atoms with Crippen LogP contribution >= 0.6 is 11.3 Å². The Morgan fingerprint density at radius 3 is 1.92 bits per heavy atom. The van der Waals surface area contributed by atoms with Gasteiger partial charge in [0.1, 0.15) is 0 Å². The fourth-order valence-corrected chi connectivity index (χ4v) is 10.2. The first-order valence-electron chi connectivity index (χ1n) is 16.5. The van der Waals surface area contributed by atoms with Crippen LogP contribution in [-0.2, 0) is 0 Å². The molecule has 4 nitrogen and oxygen atoms in total. The minimum atomic E-state index is 0.128. The molecule has 234 valence electrons. The average Bonchev–Trinajstić information content (AvgIpc) is 3.81. The Hall–Kier alpha value is -5.78. The summed E-state index contributed by atoms with van der Waals surface area (Å²) in [5, 5.41) is 4.98. The fourth-order valence-electron chi connectivity index (χ4n) is 6.69. The standard InChI is InChI=1S/C44H26N4SSe/c1-3-11-28(12-4-1)41-46-42(48-43(47-41)35-19-10-18-34-33-17-7-8-20-38(33)49-39(34)35)32-16-9-15-30(25-32)31-22-21-27-23-24-37-40(36(27)26-31)50-44(45-37)29-13-5-2-6-14-29/h1-26H. The summed E-state index contributed by atoms with van der Waals surface area (Å²) in [6.45, 7) is 0. The molecule has 0 unspecified atom stereocenters. The molecule has 6 heteroatoms.